The van der Waals surface area contributed by atoms with Crippen LogP contribution in [-0.4, -0.2) is 15.5 Å². The first kappa shape index (κ1) is 15.1. The maximum Gasteiger partial charge on any atom is 0.264 e. The third-order valence-corrected chi connectivity index (χ3v) is 5.26. The number of sulfonamides is 1. The molecular weight excluding hydrogens is 284 g/mol. The molecule has 0 aliphatic heterocycles. The lowest BCUT2D eigenvalue weighted by Gasteiger charge is -2.21. The molecule has 108 valence electrons. The molecule has 0 unspecified atom stereocenters. The molecule has 0 spiro atoms. The summed E-state index contributed by atoms with van der Waals surface area (Å²) in [7, 11) is -2.23. The first-order chi connectivity index (χ1) is 9.87. The summed E-state index contributed by atoms with van der Waals surface area (Å²) < 4.78 is 26.7. The number of benzene rings is 2. The van der Waals surface area contributed by atoms with Crippen molar-refractivity contribution < 1.29 is 8.42 Å². The second kappa shape index (κ2) is 5.58. The lowest BCUT2D eigenvalue weighted by molar-refractivity contribution is 0.593. The maximum atomic E-state index is 12.8. The van der Waals surface area contributed by atoms with Crippen LogP contribution in [0.1, 0.15) is 16.7 Å². The Labute approximate surface area is 125 Å². The van der Waals surface area contributed by atoms with Gasteiger partial charge in [0, 0.05) is 7.05 Å². The van der Waals surface area contributed by atoms with E-state index < -0.39 is 10.0 Å². The number of hydrogen-bond acceptors (Lipinski definition) is 3. The first-order valence-corrected chi connectivity index (χ1v) is 7.87. The van der Waals surface area contributed by atoms with Crippen LogP contribution in [-0.2, 0) is 10.0 Å². The molecule has 21 heavy (non-hydrogen) atoms. The fourth-order valence-corrected chi connectivity index (χ4v) is 3.63. The van der Waals surface area contributed by atoms with Crippen molar-refractivity contribution in [1.82, 2.24) is 0 Å². The fraction of sp³-hybridized carbons (Fsp3) is 0.188. The van der Waals surface area contributed by atoms with E-state index in [2.05, 4.69) is 0 Å². The largest absolute Gasteiger partial charge is 0.268 e. The Morgan fingerprint density at radius 1 is 1.10 bits per heavy atom. The van der Waals surface area contributed by atoms with Crippen LogP contribution < -0.4 is 4.31 Å². The Kier molecular flexibility index (Phi) is 4.01. The predicted molar refractivity (Wildman–Crippen MR) is 82.7 cm³/mol. The number of hydrogen-bond donors (Lipinski definition) is 0. The molecule has 2 rings (SSSR count). The summed E-state index contributed by atoms with van der Waals surface area (Å²) in [5, 5.41) is 9.13. The average molecular weight is 300 g/mol. The zero-order chi connectivity index (χ0) is 15.6. The van der Waals surface area contributed by atoms with Gasteiger partial charge in [-0.3, -0.25) is 4.31 Å². The van der Waals surface area contributed by atoms with Crippen LogP contribution in [0, 0.1) is 25.2 Å². The van der Waals surface area contributed by atoms with E-state index in [1.54, 1.807) is 43.3 Å². The number of rotatable bonds is 3. The van der Waals surface area contributed by atoms with Crippen molar-refractivity contribution >= 4 is 15.7 Å². The molecule has 0 N–H and O–H groups in total. The highest BCUT2D eigenvalue weighted by Crippen LogP contribution is 2.27. The predicted octanol–water partition coefficient (Wildman–Crippen LogP) is 3.00. The zero-order valence-corrected chi connectivity index (χ0v) is 13.0. The molecule has 0 radical (unpaired) electrons. The van der Waals surface area contributed by atoms with Gasteiger partial charge in [-0.05, 0) is 43.2 Å². The molecule has 4 nitrogen and oxygen atoms in total. The quantitative estimate of drug-likeness (QED) is 0.875. The number of nitrogens with zero attached hydrogens (tertiary/aromatic N) is 2. The van der Waals surface area contributed by atoms with E-state index in [1.807, 2.05) is 19.1 Å². The van der Waals surface area contributed by atoms with E-state index in [9.17, 15) is 8.42 Å². The minimum absolute atomic E-state index is 0.262. The molecule has 0 aromatic heterocycles. The summed E-state index contributed by atoms with van der Waals surface area (Å²) in [5.41, 5.74) is 2.26. The summed E-state index contributed by atoms with van der Waals surface area (Å²) in [5.74, 6) is 0. The van der Waals surface area contributed by atoms with Crippen LogP contribution in [0.3, 0.4) is 0 Å². The van der Waals surface area contributed by atoms with Crippen LogP contribution in [0.2, 0.25) is 0 Å². The van der Waals surface area contributed by atoms with Gasteiger partial charge in [-0.15, -0.1) is 0 Å². The third-order valence-electron chi connectivity index (χ3n) is 3.35. The van der Waals surface area contributed by atoms with Crippen molar-refractivity contribution in [3.63, 3.8) is 0 Å². The molecule has 0 saturated heterocycles. The standard InChI is InChI=1S/C16H16N2O2S/c1-12-8-9-13(2)16(10-12)21(19,20)18(3)15-7-5-4-6-14(15)11-17/h4-10H,1-3H3. The highest BCUT2D eigenvalue weighted by atomic mass is 32.2. The fourth-order valence-electron chi connectivity index (χ4n) is 2.10. The van der Waals surface area contributed by atoms with E-state index in [0.29, 0.717) is 16.8 Å². The second-order valence-corrected chi connectivity index (χ2v) is 6.81. The van der Waals surface area contributed by atoms with E-state index in [1.165, 1.54) is 7.05 Å². The van der Waals surface area contributed by atoms with Gasteiger partial charge >= 0.3 is 0 Å². The zero-order valence-electron chi connectivity index (χ0n) is 12.2. The van der Waals surface area contributed by atoms with Gasteiger partial charge in [0.15, 0.2) is 0 Å². The summed E-state index contributed by atoms with van der Waals surface area (Å²) in [6.45, 7) is 3.61. The molecule has 0 aliphatic carbocycles. The van der Waals surface area contributed by atoms with E-state index in [-0.39, 0.29) is 4.90 Å². The van der Waals surface area contributed by atoms with Gasteiger partial charge < -0.3 is 0 Å². The SMILES string of the molecule is Cc1ccc(C)c(S(=O)(=O)N(C)c2ccccc2C#N)c1. The normalized spacial score (nSPS) is 11.0. The van der Waals surface area contributed by atoms with Crippen LogP contribution in [0.5, 0.6) is 0 Å². The molecular formula is C16H16N2O2S. The maximum absolute atomic E-state index is 12.8. The molecule has 0 heterocycles. The van der Waals surface area contributed by atoms with Crippen LogP contribution in [0.25, 0.3) is 0 Å². The second-order valence-electron chi connectivity index (χ2n) is 4.87. The van der Waals surface area contributed by atoms with Gasteiger partial charge in [0.25, 0.3) is 10.0 Å². The minimum Gasteiger partial charge on any atom is -0.268 e. The molecule has 0 amide bonds. The monoisotopic (exact) mass is 300 g/mol. The van der Waals surface area contributed by atoms with Crippen molar-refractivity contribution in [1.29, 1.82) is 5.26 Å². The van der Waals surface area contributed by atoms with Crippen LogP contribution in [0.15, 0.2) is 47.4 Å². The molecule has 0 bridgehead atoms. The highest BCUT2D eigenvalue weighted by Gasteiger charge is 2.24. The lowest BCUT2D eigenvalue weighted by atomic mass is 10.2. The van der Waals surface area contributed by atoms with E-state index in [4.69, 9.17) is 5.26 Å². The van der Waals surface area contributed by atoms with Crippen LogP contribution >= 0.6 is 0 Å². The van der Waals surface area contributed by atoms with Gasteiger partial charge in [-0.1, -0.05) is 24.3 Å². The number of nitriles is 1. The molecule has 2 aromatic rings. The van der Waals surface area contributed by atoms with Crippen LogP contribution in [0.4, 0.5) is 5.69 Å². The Bertz CT molecular complexity index is 820. The van der Waals surface area contributed by atoms with Crippen molar-refractivity contribution in [3.05, 3.63) is 59.2 Å². The molecule has 0 aliphatic rings. The topological polar surface area (TPSA) is 61.2 Å². The molecule has 0 fully saturated rings. The summed E-state index contributed by atoms with van der Waals surface area (Å²) in [6, 6.07) is 14.0. The van der Waals surface area contributed by atoms with Gasteiger partial charge in [-0.2, -0.15) is 5.26 Å². The van der Waals surface area contributed by atoms with Crippen molar-refractivity contribution in [2.24, 2.45) is 0 Å². The third kappa shape index (κ3) is 2.76. The summed E-state index contributed by atoms with van der Waals surface area (Å²) >= 11 is 0. The van der Waals surface area contributed by atoms with E-state index in [0.717, 1.165) is 9.87 Å². The Balaban J connectivity index is 2.59. The van der Waals surface area contributed by atoms with Crippen molar-refractivity contribution in [3.8, 4) is 6.07 Å². The average Bonchev–Trinajstić information content (AvgIpc) is 2.48. The van der Waals surface area contributed by atoms with Gasteiger partial charge in [-0.25, -0.2) is 8.42 Å². The first-order valence-electron chi connectivity index (χ1n) is 6.43. The molecule has 2 aromatic carbocycles. The smallest absolute Gasteiger partial charge is 0.264 e. The number of anilines is 1. The van der Waals surface area contributed by atoms with Gasteiger partial charge in [0.2, 0.25) is 0 Å². The molecule has 0 atom stereocenters. The summed E-state index contributed by atoms with van der Waals surface area (Å²) in [6.07, 6.45) is 0. The van der Waals surface area contributed by atoms with Crippen molar-refractivity contribution in [2.75, 3.05) is 11.4 Å². The minimum atomic E-state index is -3.70. The summed E-state index contributed by atoms with van der Waals surface area (Å²) in [4.78, 5) is 0.262. The van der Waals surface area contributed by atoms with Crippen molar-refractivity contribution in [2.45, 2.75) is 18.7 Å². The Hall–Kier alpha value is -2.32. The number of aryl methyl sites for hydroxylation is 2. The molecule has 0 saturated carbocycles. The van der Waals surface area contributed by atoms with E-state index >= 15 is 0 Å². The van der Waals surface area contributed by atoms with Gasteiger partial charge in [0.05, 0.1) is 16.1 Å². The number of para-hydroxylation sites is 1. The highest BCUT2D eigenvalue weighted by molar-refractivity contribution is 7.92. The Morgan fingerprint density at radius 2 is 1.76 bits per heavy atom. The lowest BCUT2D eigenvalue weighted by Crippen LogP contribution is -2.28. The van der Waals surface area contributed by atoms with Gasteiger partial charge in [0.1, 0.15) is 6.07 Å². The molecule has 5 heteroatoms. The Morgan fingerprint density at radius 3 is 2.43 bits per heavy atom.